The average molecular weight is 240 g/mol. The Morgan fingerprint density at radius 2 is 1.89 bits per heavy atom. The molecule has 0 radical (unpaired) electrons. The van der Waals surface area contributed by atoms with Crippen molar-refractivity contribution in [3.8, 4) is 0 Å². The summed E-state index contributed by atoms with van der Waals surface area (Å²) in [5.41, 5.74) is 3.34. The molecule has 92 valence electrons. The number of benzene rings is 1. The first kappa shape index (κ1) is 11.0. The molecule has 1 aromatic rings. The molecule has 4 heteroatoms. The summed E-state index contributed by atoms with van der Waals surface area (Å²) >= 11 is 0. The zero-order valence-corrected chi connectivity index (χ0v) is 10.7. The van der Waals surface area contributed by atoms with E-state index in [-0.39, 0.29) is 0 Å². The quantitative estimate of drug-likeness (QED) is 0.788. The summed E-state index contributed by atoms with van der Waals surface area (Å²) < 4.78 is 0. The molecule has 1 aromatic carbocycles. The van der Waals surface area contributed by atoms with Crippen molar-refractivity contribution in [1.29, 1.82) is 0 Å². The molecule has 2 aliphatic heterocycles. The van der Waals surface area contributed by atoms with Crippen LogP contribution in [0.4, 0.5) is 5.69 Å². The van der Waals surface area contributed by atoms with E-state index >= 15 is 0 Å². The van der Waals surface area contributed by atoms with Crippen molar-refractivity contribution >= 4 is 17.2 Å². The summed E-state index contributed by atoms with van der Waals surface area (Å²) in [6, 6.07) is 8.44. The Bertz CT molecular complexity index is 537. The van der Waals surface area contributed by atoms with E-state index in [2.05, 4.69) is 39.3 Å². The third-order valence-corrected chi connectivity index (χ3v) is 3.15. The normalized spacial score (nSPS) is 17.3. The number of hydrazone groups is 1. The second-order valence-corrected chi connectivity index (χ2v) is 4.62. The van der Waals surface area contributed by atoms with Crippen LogP contribution >= 0.6 is 0 Å². The standard InChI is InChI=1S/C14H16N4/c1-17(2)12-5-3-11(4-6-12)13-7-8-14-15-9-10-18(14)16-13/h3-8H,9-10H2,1-2H3. The number of aliphatic imine (C=N–C) groups is 1. The zero-order valence-electron chi connectivity index (χ0n) is 10.7. The van der Waals surface area contributed by atoms with Crippen molar-refractivity contribution in [3.63, 3.8) is 0 Å². The topological polar surface area (TPSA) is 31.2 Å². The van der Waals surface area contributed by atoms with Gasteiger partial charge in [-0.05, 0) is 24.3 Å². The highest BCUT2D eigenvalue weighted by atomic mass is 15.5. The summed E-state index contributed by atoms with van der Waals surface area (Å²) in [5, 5.41) is 6.57. The minimum absolute atomic E-state index is 0.843. The van der Waals surface area contributed by atoms with Crippen LogP contribution in [-0.2, 0) is 0 Å². The predicted molar refractivity (Wildman–Crippen MR) is 75.5 cm³/mol. The molecule has 2 heterocycles. The molecule has 0 aromatic heterocycles. The minimum Gasteiger partial charge on any atom is -0.378 e. The maximum atomic E-state index is 4.61. The van der Waals surface area contributed by atoms with Crippen LogP contribution in [-0.4, -0.2) is 43.7 Å². The molecule has 0 saturated carbocycles. The van der Waals surface area contributed by atoms with E-state index in [1.807, 2.05) is 31.3 Å². The molecule has 0 unspecified atom stereocenters. The average Bonchev–Trinajstić information content (AvgIpc) is 2.86. The highest BCUT2D eigenvalue weighted by Crippen LogP contribution is 2.17. The molecular formula is C14H16N4. The van der Waals surface area contributed by atoms with Crippen molar-refractivity contribution in [3.05, 3.63) is 42.0 Å². The van der Waals surface area contributed by atoms with Crippen LogP contribution in [0.3, 0.4) is 0 Å². The third-order valence-electron chi connectivity index (χ3n) is 3.15. The molecule has 0 bridgehead atoms. The van der Waals surface area contributed by atoms with Gasteiger partial charge in [-0.15, -0.1) is 0 Å². The second kappa shape index (κ2) is 4.29. The van der Waals surface area contributed by atoms with E-state index in [1.165, 1.54) is 5.69 Å². The van der Waals surface area contributed by atoms with Gasteiger partial charge in [-0.25, -0.2) is 5.01 Å². The van der Waals surface area contributed by atoms with Gasteiger partial charge in [0.1, 0.15) is 5.84 Å². The number of allylic oxidation sites excluding steroid dienone is 1. The minimum atomic E-state index is 0.843. The Hall–Kier alpha value is -2.10. The Morgan fingerprint density at radius 1 is 1.11 bits per heavy atom. The highest BCUT2D eigenvalue weighted by Gasteiger charge is 2.18. The molecule has 3 rings (SSSR count). The van der Waals surface area contributed by atoms with Crippen molar-refractivity contribution in [2.75, 3.05) is 32.1 Å². The Kier molecular flexibility index (Phi) is 2.63. The lowest BCUT2D eigenvalue weighted by Crippen LogP contribution is -2.25. The van der Waals surface area contributed by atoms with Gasteiger partial charge in [0.25, 0.3) is 0 Å². The maximum absolute atomic E-state index is 4.61. The van der Waals surface area contributed by atoms with Crippen molar-refractivity contribution in [1.82, 2.24) is 5.01 Å². The van der Waals surface area contributed by atoms with Crippen LogP contribution in [0.15, 0.2) is 46.5 Å². The Balaban J connectivity index is 1.87. The first-order valence-corrected chi connectivity index (χ1v) is 6.10. The van der Waals surface area contributed by atoms with E-state index in [1.54, 1.807) is 0 Å². The van der Waals surface area contributed by atoms with Crippen molar-refractivity contribution < 1.29 is 0 Å². The van der Waals surface area contributed by atoms with Gasteiger partial charge in [-0.1, -0.05) is 12.1 Å². The molecule has 0 saturated heterocycles. The largest absolute Gasteiger partial charge is 0.378 e. The van der Waals surface area contributed by atoms with Gasteiger partial charge < -0.3 is 4.90 Å². The van der Waals surface area contributed by atoms with Gasteiger partial charge in [-0.3, -0.25) is 4.99 Å². The molecule has 0 atom stereocenters. The first-order valence-electron chi connectivity index (χ1n) is 6.10. The lowest BCUT2D eigenvalue weighted by Gasteiger charge is -2.18. The third kappa shape index (κ3) is 1.90. The maximum Gasteiger partial charge on any atom is 0.144 e. The number of fused-ring (bicyclic) bond motifs is 1. The molecule has 0 fully saturated rings. The smallest absolute Gasteiger partial charge is 0.144 e. The molecule has 4 nitrogen and oxygen atoms in total. The lowest BCUT2D eigenvalue weighted by atomic mass is 10.1. The van der Waals surface area contributed by atoms with Crippen LogP contribution < -0.4 is 4.90 Å². The summed E-state index contributed by atoms with van der Waals surface area (Å²) in [5.74, 6) is 0.976. The van der Waals surface area contributed by atoms with E-state index in [0.717, 1.165) is 30.2 Å². The Morgan fingerprint density at radius 3 is 2.61 bits per heavy atom. The van der Waals surface area contributed by atoms with Gasteiger partial charge in [-0.2, -0.15) is 5.10 Å². The zero-order chi connectivity index (χ0) is 12.5. The summed E-state index contributed by atoms with van der Waals surface area (Å²) in [6.45, 7) is 1.73. The van der Waals surface area contributed by atoms with Crippen molar-refractivity contribution in [2.24, 2.45) is 10.1 Å². The number of hydrogen-bond acceptors (Lipinski definition) is 4. The Labute approximate surface area is 107 Å². The van der Waals surface area contributed by atoms with Gasteiger partial charge in [0.15, 0.2) is 0 Å². The van der Waals surface area contributed by atoms with E-state index in [0.29, 0.717) is 0 Å². The molecule has 2 aliphatic rings. The SMILES string of the molecule is CN(C)c1ccc(C2=NN3CCN=C3C=C2)cc1. The fourth-order valence-electron chi connectivity index (χ4n) is 2.10. The number of nitrogens with zero attached hydrogens (tertiary/aromatic N) is 4. The molecular weight excluding hydrogens is 224 g/mol. The summed E-state index contributed by atoms with van der Waals surface area (Å²) in [7, 11) is 4.08. The molecule has 0 spiro atoms. The fourth-order valence-corrected chi connectivity index (χ4v) is 2.10. The number of rotatable bonds is 2. The number of amidine groups is 1. The first-order chi connectivity index (χ1) is 8.74. The van der Waals surface area contributed by atoms with E-state index < -0.39 is 0 Å². The van der Waals surface area contributed by atoms with Gasteiger partial charge in [0.2, 0.25) is 0 Å². The fraction of sp³-hybridized carbons (Fsp3) is 0.286. The van der Waals surface area contributed by atoms with Crippen LogP contribution in [0.1, 0.15) is 5.56 Å². The lowest BCUT2D eigenvalue weighted by molar-refractivity contribution is 0.490. The van der Waals surface area contributed by atoms with Crippen LogP contribution in [0, 0.1) is 0 Å². The van der Waals surface area contributed by atoms with Crippen LogP contribution in [0.5, 0.6) is 0 Å². The van der Waals surface area contributed by atoms with Gasteiger partial charge >= 0.3 is 0 Å². The van der Waals surface area contributed by atoms with E-state index in [4.69, 9.17) is 0 Å². The predicted octanol–water partition coefficient (Wildman–Crippen LogP) is 1.74. The van der Waals surface area contributed by atoms with E-state index in [9.17, 15) is 0 Å². The van der Waals surface area contributed by atoms with Gasteiger partial charge in [0.05, 0.1) is 18.8 Å². The molecule has 0 N–H and O–H groups in total. The molecule has 18 heavy (non-hydrogen) atoms. The van der Waals surface area contributed by atoms with Crippen molar-refractivity contribution in [2.45, 2.75) is 0 Å². The summed E-state index contributed by atoms with van der Waals surface area (Å²) in [4.78, 5) is 6.46. The second-order valence-electron chi connectivity index (χ2n) is 4.62. The van der Waals surface area contributed by atoms with Crippen LogP contribution in [0.2, 0.25) is 0 Å². The molecule has 0 amide bonds. The van der Waals surface area contributed by atoms with Gasteiger partial charge in [0, 0.05) is 25.3 Å². The monoisotopic (exact) mass is 240 g/mol. The van der Waals surface area contributed by atoms with Crippen LogP contribution in [0.25, 0.3) is 0 Å². The number of hydrogen-bond donors (Lipinski definition) is 0. The number of anilines is 1. The molecule has 0 aliphatic carbocycles. The highest BCUT2D eigenvalue weighted by molar-refractivity contribution is 6.14. The summed E-state index contributed by atoms with van der Waals surface area (Å²) in [6.07, 6.45) is 4.07.